The SMILES string of the molecule is N#CC1CCC(C2CCC(Cl)CC2)C(F)C1. The summed E-state index contributed by atoms with van der Waals surface area (Å²) in [5.74, 6) is 0.675. The van der Waals surface area contributed by atoms with E-state index in [0.717, 1.165) is 38.5 Å². The van der Waals surface area contributed by atoms with E-state index >= 15 is 0 Å². The number of hydrogen-bond acceptors (Lipinski definition) is 1. The van der Waals surface area contributed by atoms with Gasteiger partial charge in [0.25, 0.3) is 0 Å². The number of nitriles is 1. The highest BCUT2D eigenvalue weighted by Gasteiger charge is 2.36. The van der Waals surface area contributed by atoms with Crippen LogP contribution in [0.3, 0.4) is 0 Å². The van der Waals surface area contributed by atoms with Gasteiger partial charge in [0.15, 0.2) is 0 Å². The quantitative estimate of drug-likeness (QED) is 0.637. The van der Waals surface area contributed by atoms with Crippen LogP contribution in [0.15, 0.2) is 0 Å². The van der Waals surface area contributed by atoms with Crippen molar-refractivity contribution in [3.05, 3.63) is 0 Å². The topological polar surface area (TPSA) is 23.8 Å². The average molecular weight is 244 g/mol. The third-order valence-corrected chi connectivity index (χ3v) is 4.75. The molecule has 0 heterocycles. The summed E-state index contributed by atoms with van der Waals surface area (Å²) in [5, 5.41) is 9.12. The van der Waals surface area contributed by atoms with Crippen molar-refractivity contribution in [2.24, 2.45) is 17.8 Å². The Kier molecular flexibility index (Phi) is 4.08. The molecule has 0 aliphatic heterocycles. The summed E-state index contributed by atoms with van der Waals surface area (Å²) < 4.78 is 14.0. The van der Waals surface area contributed by atoms with Crippen molar-refractivity contribution < 1.29 is 4.39 Å². The molecule has 0 bridgehead atoms. The minimum absolute atomic E-state index is 0.0457. The van der Waals surface area contributed by atoms with E-state index in [4.69, 9.17) is 16.9 Å². The standard InChI is InChI=1S/C13H19ClFN/c14-11-4-2-10(3-5-11)12-6-1-9(8-16)7-13(12)15/h9-13H,1-7H2. The van der Waals surface area contributed by atoms with Crippen LogP contribution >= 0.6 is 11.6 Å². The minimum atomic E-state index is -0.754. The van der Waals surface area contributed by atoms with Crippen LogP contribution in [0.5, 0.6) is 0 Å². The molecule has 2 fully saturated rings. The van der Waals surface area contributed by atoms with Crippen LogP contribution in [0.2, 0.25) is 0 Å². The summed E-state index contributed by atoms with van der Waals surface area (Å²) in [7, 11) is 0. The van der Waals surface area contributed by atoms with Crippen LogP contribution in [-0.2, 0) is 0 Å². The lowest BCUT2D eigenvalue weighted by Crippen LogP contribution is -2.33. The van der Waals surface area contributed by atoms with E-state index < -0.39 is 6.17 Å². The Morgan fingerprint density at radius 1 is 1.06 bits per heavy atom. The predicted molar refractivity (Wildman–Crippen MR) is 62.9 cm³/mol. The highest BCUT2D eigenvalue weighted by Crippen LogP contribution is 2.42. The lowest BCUT2D eigenvalue weighted by molar-refractivity contribution is 0.0790. The van der Waals surface area contributed by atoms with Gasteiger partial charge in [-0.1, -0.05) is 0 Å². The van der Waals surface area contributed by atoms with Crippen molar-refractivity contribution in [3.63, 3.8) is 0 Å². The van der Waals surface area contributed by atoms with Gasteiger partial charge >= 0.3 is 0 Å². The van der Waals surface area contributed by atoms with Gasteiger partial charge in [0.05, 0.1) is 6.07 Å². The summed E-state index contributed by atoms with van der Waals surface area (Å²) in [6.45, 7) is 0. The zero-order valence-corrected chi connectivity index (χ0v) is 10.3. The second-order valence-corrected chi connectivity index (χ2v) is 5.95. The van der Waals surface area contributed by atoms with Crippen molar-refractivity contribution in [3.8, 4) is 6.07 Å². The molecule has 16 heavy (non-hydrogen) atoms. The summed E-state index contributed by atoms with van der Waals surface area (Å²) in [4.78, 5) is 0. The highest BCUT2D eigenvalue weighted by molar-refractivity contribution is 6.20. The van der Waals surface area contributed by atoms with E-state index in [1.54, 1.807) is 0 Å². The lowest BCUT2D eigenvalue weighted by Gasteiger charge is -2.37. The van der Waals surface area contributed by atoms with Gasteiger partial charge in [-0.25, -0.2) is 4.39 Å². The molecule has 0 radical (unpaired) electrons. The molecule has 0 N–H and O–H groups in total. The highest BCUT2D eigenvalue weighted by atomic mass is 35.5. The van der Waals surface area contributed by atoms with E-state index in [9.17, 15) is 4.39 Å². The molecule has 3 heteroatoms. The van der Waals surface area contributed by atoms with Gasteiger partial charge in [0.2, 0.25) is 0 Å². The second-order valence-electron chi connectivity index (χ2n) is 5.33. The van der Waals surface area contributed by atoms with Crippen molar-refractivity contribution >= 4 is 11.6 Å². The first kappa shape index (κ1) is 12.2. The van der Waals surface area contributed by atoms with Crippen LogP contribution in [0.1, 0.15) is 44.9 Å². The Hall–Kier alpha value is -0.290. The van der Waals surface area contributed by atoms with Gasteiger partial charge in [-0.3, -0.25) is 0 Å². The molecule has 90 valence electrons. The first-order chi connectivity index (χ1) is 7.70. The molecule has 3 atom stereocenters. The molecule has 1 nitrogen and oxygen atoms in total. The Morgan fingerprint density at radius 3 is 2.31 bits per heavy atom. The van der Waals surface area contributed by atoms with E-state index in [0.29, 0.717) is 17.7 Å². The van der Waals surface area contributed by atoms with Crippen molar-refractivity contribution in [2.45, 2.75) is 56.5 Å². The maximum absolute atomic E-state index is 14.0. The molecular weight excluding hydrogens is 225 g/mol. The largest absolute Gasteiger partial charge is 0.247 e. The summed E-state index contributed by atoms with van der Waals surface area (Å²) in [6.07, 6.45) is 5.73. The molecule has 2 saturated carbocycles. The fourth-order valence-electron chi connectivity index (χ4n) is 3.29. The third kappa shape index (κ3) is 2.69. The molecule has 2 aliphatic carbocycles. The number of halogens is 2. The van der Waals surface area contributed by atoms with Gasteiger partial charge in [0.1, 0.15) is 6.17 Å². The first-order valence-electron chi connectivity index (χ1n) is 6.38. The number of rotatable bonds is 1. The fourth-order valence-corrected chi connectivity index (χ4v) is 3.55. The van der Waals surface area contributed by atoms with Gasteiger partial charge < -0.3 is 0 Å². The van der Waals surface area contributed by atoms with Crippen LogP contribution in [-0.4, -0.2) is 11.5 Å². The maximum atomic E-state index is 14.0. The zero-order valence-electron chi connectivity index (χ0n) is 9.54. The average Bonchev–Trinajstić information content (AvgIpc) is 2.30. The van der Waals surface area contributed by atoms with E-state index in [-0.39, 0.29) is 11.8 Å². The van der Waals surface area contributed by atoms with E-state index in [1.165, 1.54) is 0 Å². The van der Waals surface area contributed by atoms with Gasteiger partial charge in [-0.2, -0.15) is 5.26 Å². The third-order valence-electron chi connectivity index (χ3n) is 4.31. The summed E-state index contributed by atoms with van der Waals surface area (Å²) in [6, 6.07) is 2.20. The van der Waals surface area contributed by atoms with Crippen LogP contribution in [0.4, 0.5) is 4.39 Å². The Bertz CT molecular complexity index is 268. The number of hydrogen-bond donors (Lipinski definition) is 0. The lowest BCUT2D eigenvalue weighted by atomic mass is 9.70. The molecule has 0 spiro atoms. The molecule has 2 aliphatic rings. The molecule has 0 aromatic heterocycles. The molecule has 2 rings (SSSR count). The Morgan fingerprint density at radius 2 is 1.75 bits per heavy atom. The smallest absolute Gasteiger partial charge is 0.104 e. The van der Waals surface area contributed by atoms with Gasteiger partial charge in [0, 0.05) is 11.3 Å². The minimum Gasteiger partial charge on any atom is -0.247 e. The van der Waals surface area contributed by atoms with Gasteiger partial charge in [-0.15, -0.1) is 11.6 Å². The number of nitrogens with zero attached hydrogens (tertiary/aromatic N) is 1. The van der Waals surface area contributed by atoms with E-state index in [1.807, 2.05) is 0 Å². The Labute approximate surface area is 102 Å². The van der Waals surface area contributed by atoms with Crippen molar-refractivity contribution in [1.82, 2.24) is 0 Å². The van der Waals surface area contributed by atoms with Crippen LogP contribution in [0, 0.1) is 29.1 Å². The molecule has 0 saturated heterocycles. The Balaban J connectivity index is 1.88. The monoisotopic (exact) mass is 243 g/mol. The van der Waals surface area contributed by atoms with Gasteiger partial charge in [-0.05, 0) is 56.8 Å². The normalized spacial score (nSPS) is 44.9. The summed E-state index contributed by atoms with van der Waals surface area (Å²) >= 11 is 6.07. The van der Waals surface area contributed by atoms with Crippen molar-refractivity contribution in [1.29, 1.82) is 5.26 Å². The second kappa shape index (κ2) is 5.36. The zero-order chi connectivity index (χ0) is 11.5. The van der Waals surface area contributed by atoms with E-state index in [2.05, 4.69) is 6.07 Å². The molecule has 0 aromatic carbocycles. The first-order valence-corrected chi connectivity index (χ1v) is 6.82. The fraction of sp³-hybridized carbons (Fsp3) is 0.923. The van der Waals surface area contributed by atoms with Crippen LogP contribution < -0.4 is 0 Å². The maximum Gasteiger partial charge on any atom is 0.104 e. The predicted octanol–water partition coefficient (Wildman–Crippen LogP) is 4.06. The molecule has 3 unspecified atom stereocenters. The molecule has 0 aromatic rings. The molecular formula is C13H19ClFN. The summed E-state index contributed by atoms with van der Waals surface area (Å²) in [5.41, 5.74) is 0. The van der Waals surface area contributed by atoms with Crippen LogP contribution in [0.25, 0.3) is 0 Å². The number of alkyl halides is 2. The molecule has 0 amide bonds. The van der Waals surface area contributed by atoms with Crippen molar-refractivity contribution in [2.75, 3.05) is 0 Å².